The van der Waals surface area contributed by atoms with Crippen molar-refractivity contribution in [1.29, 1.82) is 0 Å². The Balaban J connectivity index is 1.95. The lowest BCUT2D eigenvalue weighted by Gasteiger charge is -2.26. The van der Waals surface area contributed by atoms with Crippen LogP contribution < -0.4 is 4.74 Å². The van der Waals surface area contributed by atoms with E-state index in [2.05, 4.69) is 11.0 Å². The van der Waals surface area contributed by atoms with Crippen molar-refractivity contribution < 1.29 is 4.74 Å². The van der Waals surface area contributed by atoms with Crippen LogP contribution in [0.15, 0.2) is 48.7 Å². The molecule has 1 aliphatic rings. The van der Waals surface area contributed by atoms with Gasteiger partial charge in [0.05, 0.1) is 11.1 Å². The topological polar surface area (TPSA) is 12.5 Å². The molecule has 16 heavy (non-hydrogen) atoms. The van der Waals surface area contributed by atoms with Gasteiger partial charge in [-0.25, -0.2) is 0 Å². The van der Waals surface area contributed by atoms with Crippen molar-refractivity contribution in [3.8, 4) is 5.75 Å². The molecule has 1 heterocycles. The quantitative estimate of drug-likeness (QED) is 0.798. The Bertz CT molecular complexity index is 414. The molecule has 0 spiro atoms. The Hall–Kier alpha value is -1.41. The monoisotopic (exact) mass is 235 g/mol. The van der Waals surface area contributed by atoms with Crippen molar-refractivity contribution in [1.82, 2.24) is 4.90 Å². The summed E-state index contributed by atoms with van der Waals surface area (Å²) in [6, 6.07) is 7.79. The second kappa shape index (κ2) is 5.08. The Labute approximate surface area is 101 Å². The molecular weight excluding hydrogens is 222 g/mol. The molecule has 1 aromatic rings. The Kier molecular flexibility index (Phi) is 3.52. The molecule has 1 aliphatic heterocycles. The van der Waals surface area contributed by atoms with Crippen LogP contribution in [-0.4, -0.2) is 24.6 Å². The van der Waals surface area contributed by atoms with Gasteiger partial charge in [0.1, 0.15) is 12.4 Å². The molecule has 1 unspecified atom stereocenters. The van der Waals surface area contributed by atoms with E-state index in [4.69, 9.17) is 16.3 Å². The average molecular weight is 236 g/mol. The largest absolute Gasteiger partial charge is 0.490 e. The van der Waals surface area contributed by atoms with E-state index >= 15 is 0 Å². The number of nitrogens with zero attached hydrogens (tertiary/aromatic N) is 1. The zero-order valence-corrected chi connectivity index (χ0v) is 9.89. The molecule has 3 heteroatoms. The lowest BCUT2D eigenvalue weighted by Crippen LogP contribution is -2.32. The Morgan fingerprint density at radius 3 is 2.88 bits per heavy atom. The maximum Gasteiger partial charge on any atom is 0.138 e. The second-order valence-electron chi connectivity index (χ2n) is 3.70. The van der Waals surface area contributed by atoms with Crippen molar-refractivity contribution in [3.05, 3.63) is 53.7 Å². The zero-order chi connectivity index (χ0) is 11.4. The summed E-state index contributed by atoms with van der Waals surface area (Å²) in [6.07, 6.45) is 8.17. The predicted molar refractivity (Wildman–Crippen MR) is 66.8 cm³/mol. The lowest BCUT2D eigenvalue weighted by molar-refractivity contribution is 0.230. The molecule has 1 aromatic carbocycles. The number of likely N-dealkylation sites (N-methyl/N-ethyl adjacent to an activating group) is 1. The number of halogens is 1. The first-order valence-corrected chi connectivity index (χ1v) is 5.59. The minimum absolute atomic E-state index is 0.265. The van der Waals surface area contributed by atoms with Gasteiger partial charge in [-0.3, -0.25) is 0 Å². The van der Waals surface area contributed by atoms with Crippen LogP contribution in [0, 0.1) is 0 Å². The van der Waals surface area contributed by atoms with Crippen LogP contribution in [0.25, 0.3) is 0 Å². The zero-order valence-electron chi connectivity index (χ0n) is 9.14. The third-order valence-corrected chi connectivity index (χ3v) is 2.85. The van der Waals surface area contributed by atoms with Crippen molar-refractivity contribution >= 4 is 11.6 Å². The maximum absolute atomic E-state index is 6.01. The van der Waals surface area contributed by atoms with Gasteiger partial charge in [-0.2, -0.15) is 0 Å². The molecule has 0 N–H and O–H groups in total. The van der Waals surface area contributed by atoms with E-state index < -0.39 is 0 Å². The average Bonchev–Trinajstić information content (AvgIpc) is 2.30. The number of hydrogen-bond acceptors (Lipinski definition) is 2. The van der Waals surface area contributed by atoms with Crippen LogP contribution >= 0.6 is 11.6 Å². The van der Waals surface area contributed by atoms with Gasteiger partial charge in [0.15, 0.2) is 0 Å². The van der Waals surface area contributed by atoms with E-state index in [1.54, 1.807) is 0 Å². The standard InChI is InChI=1S/C13H14ClNO/c1-15-9-5-4-6-11(15)10-16-13-8-3-2-7-12(13)14/h2-9,11H,10H2,1H3. The fourth-order valence-corrected chi connectivity index (χ4v) is 1.72. The van der Waals surface area contributed by atoms with E-state index in [0.717, 1.165) is 5.75 Å². The number of benzene rings is 1. The van der Waals surface area contributed by atoms with E-state index in [1.807, 2.05) is 49.7 Å². The SMILES string of the molecule is CN1C=CC=CC1COc1ccccc1Cl. The van der Waals surface area contributed by atoms with Gasteiger partial charge < -0.3 is 9.64 Å². The molecular formula is C13H14ClNO. The number of rotatable bonds is 3. The molecule has 0 fully saturated rings. The third kappa shape index (κ3) is 2.58. The van der Waals surface area contributed by atoms with E-state index in [9.17, 15) is 0 Å². The van der Waals surface area contributed by atoms with Gasteiger partial charge in [0, 0.05) is 7.05 Å². The minimum atomic E-state index is 0.265. The second-order valence-corrected chi connectivity index (χ2v) is 4.11. The molecule has 0 radical (unpaired) electrons. The summed E-state index contributed by atoms with van der Waals surface area (Å²) in [5.74, 6) is 0.737. The first-order valence-electron chi connectivity index (χ1n) is 5.21. The van der Waals surface area contributed by atoms with Crippen LogP contribution in [0.1, 0.15) is 0 Å². The van der Waals surface area contributed by atoms with Crippen molar-refractivity contribution in [3.63, 3.8) is 0 Å². The molecule has 0 bridgehead atoms. The Morgan fingerprint density at radius 1 is 1.31 bits per heavy atom. The highest BCUT2D eigenvalue weighted by molar-refractivity contribution is 6.32. The van der Waals surface area contributed by atoms with Gasteiger partial charge in [0.2, 0.25) is 0 Å². The van der Waals surface area contributed by atoms with Crippen LogP contribution in [0.3, 0.4) is 0 Å². The smallest absolute Gasteiger partial charge is 0.138 e. The molecule has 0 saturated carbocycles. The highest BCUT2D eigenvalue weighted by atomic mass is 35.5. The van der Waals surface area contributed by atoms with E-state index in [1.165, 1.54) is 0 Å². The number of hydrogen-bond donors (Lipinski definition) is 0. The molecule has 1 atom stereocenters. The normalized spacial score (nSPS) is 18.9. The first kappa shape index (κ1) is 11.1. The summed E-state index contributed by atoms with van der Waals surface area (Å²) in [5, 5.41) is 0.653. The fourth-order valence-electron chi connectivity index (χ4n) is 1.53. The summed E-state index contributed by atoms with van der Waals surface area (Å²) in [7, 11) is 2.03. The third-order valence-electron chi connectivity index (χ3n) is 2.53. The fraction of sp³-hybridized carbons (Fsp3) is 0.231. The molecule has 84 valence electrons. The number of allylic oxidation sites excluding steroid dienone is 2. The van der Waals surface area contributed by atoms with Crippen molar-refractivity contribution in [2.24, 2.45) is 0 Å². The Morgan fingerprint density at radius 2 is 2.12 bits per heavy atom. The predicted octanol–water partition coefficient (Wildman–Crippen LogP) is 3.10. The van der Waals surface area contributed by atoms with Gasteiger partial charge in [-0.15, -0.1) is 0 Å². The number of ether oxygens (including phenoxy) is 1. The maximum atomic E-state index is 6.01. The molecule has 0 amide bonds. The van der Waals surface area contributed by atoms with Crippen molar-refractivity contribution in [2.75, 3.05) is 13.7 Å². The molecule has 2 rings (SSSR count). The van der Waals surface area contributed by atoms with Gasteiger partial charge in [-0.1, -0.05) is 35.9 Å². The van der Waals surface area contributed by atoms with Crippen LogP contribution in [0.4, 0.5) is 0 Å². The highest BCUT2D eigenvalue weighted by Gasteiger charge is 2.11. The van der Waals surface area contributed by atoms with Crippen LogP contribution in [0.2, 0.25) is 5.02 Å². The minimum Gasteiger partial charge on any atom is -0.490 e. The van der Waals surface area contributed by atoms with Gasteiger partial charge >= 0.3 is 0 Å². The van der Waals surface area contributed by atoms with Crippen LogP contribution in [-0.2, 0) is 0 Å². The lowest BCUT2D eigenvalue weighted by atomic mass is 10.2. The first-order chi connectivity index (χ1) is 7.77. The van der Waals surface area contributed by atoms with E-state index in [-0.39, 0.29) is 6.04 Å². The van der Waals surface area contributed by atoms with Crippen LogP contribution in [0.5, 0.6) is 5.75 Å². The molecule has 0 aromatic heterocycles. The summed E-state index contributed by atoms with van der Waals surface area (Å²) < 4.78 is 5.69. The number of para-hydroxylation sites is 1. The molecule has 2 nitrogen and oxygen atoms in total. The summed E-state index contributed by atoms with van der Waals surface area (Å²) >= 11 is 6.01. The van der Waals surface area contributed by atoms with Gasteiger partial charge in [0.25, 0.3) is 0 Å². The summed E-state index contributed by atoms with van der Waals surface area (Å²) in [6.45, 7) is 0.598. The molecule has 0 aliphatic carbocycles. The van der Waals surface area contributed by atoms with Gasteiger partial charge in [-0.05, 0) is 24.4 Å². The molecule has 0 saturated heterocycles. The van der Waals surface area contributed by atoms with Crippen molar-refractivity contribution in [2.45, 2.75) is 6.04 Å². The summed E-state index contributed by atoms with van der Waals surface area (Å²) in [4.78, 5) is 2.11. The summed E-state index contributed by atoms with van der Waals surface area (Å²) in [5.41, 5.74) is 0. The highest BCUT2D eigenvalue weighted by Crippen LogP contribution is 2.23. The van der Waals surface area contributed by atoms with E-state index in [0.29, 0.717) is 11.6 Å².